The smallest absolute Gasteiger partial charge is 0.274 e. The lowest BCUT2D eigenvalue weighted by atomic mass is 9.93. The Morgan fingerprint density at radius 1 is 1.47 bits per heavy atom. The molecule has 0 unspecified atom stereocenters. The molecule has 92 valence electrons. The summed E-state index contributed by atoms with van der Waals surface area (Å²) in [6.07, 6.45) is 3.92. The molecule has 6 nitrogen and oxygen atoms in total. The molecular formula is C11H17N5O. The van der Waals surface area contributed by atoms with E-state index in [1.54, 1.807) is 0 Å². The highest BCUT2D eigenvalue weighted by Gasteiger charge is 2.32. The van der Waals surface area contributed by atoms with Gasteiger partial charge in [-0.15, -0.1) is 0 Å². The summed E-state index contributed by atoms with van der Waals surface area (Å²) in [7, 11) is 0. The van der Waals surface area contributed by atoms with Gasteiger partial charge < -0.3 is 10.3 Å². The Hall–Kier alpha value is -1.69. The molecule has 1 aromatic heterocycles. The number of hydrazine groups is 1. The van der Waals surface area contributed by atoms with Crippen LogP contribution in [-0.2, 0) is 0 Å². The quantitative estimate of drug-likeness (QED) is 0.580. The van der Waals surface area contributed by atoms with E-state index in [4.69, 9.17) is 5.84 Å². The maximum atomic E-state index is 12.1. The third-order valence-corrected chi connectivity index (χ3v) is 2.98. The fourth-order valence-corrected chi connectivity index (χ4v) is 1.96. The van der Waals surface area contributed by atoms with Crippen LogP contribution in [0.25, 0.3) is 0 Å². The first-order chi connectivity index (χ1) is 8.02. The van der Waals surface area contributed by atoms with Gasteiger partial charge in [0.2, 0.25) is 0 Å². The second-order valence-corrected chi connectivity index (χ2v) is 5.07. The second kappa shape index (κ2) is 4.29. The molecule has 0 aromatic carbocycles. The monoisotopic (exact) mass is 235 g/mol. The Kier molecular flexibility index (Phi) is 2.97. The molecule has 3 N–H and O–H groups in total. The zero-order valence-corrected chi connectivity index (χ0v) is 10.1. The minimum Gasteiger partial charge on any atom is -0.337 e. The van der Waals surface area contributed by atoms with E-state index in [0.717, 1.165) is 19.5 Å². The lowest BCUT2D eigenvalue weighted by Crippen LogP contribution is -2.31. The Morgan fingerprint density at radius 3 is 2.71 bits per heavy atom. The minimum atomic E-state index is -0.0633. The van der Waals surface area contributed by atoms with Crippen LogP contribution in [0.5, 0.6) is 0 Å². The van der Waals surface area contributed by atoms with E-state index in [1.165, 1.54) is 12.4 Å². The van der Waals surface area contributed by atoms with Gasteiger partial charge in [-0.3, -0.25) is 4.79 Å². The first-order valence-electron chi connectivity index (χ1n) is 5.60. The predicted octanol–water partition coefficient (Wildman–Crippen LogP) is 0.634. The normalized spacial score (nSPS) is 18.2. The van der Waals surface area contributed by atoms with Gasteiger partial charge >= 0.3 is 0 Å². The van der Waals surface area contributed by atoms with Crippen LogP contribution < -0.4 is 11.3 Å². The Bertz CT molecular complexity index is 414. The number of hydrogen-bond acceptors (Lipinski definition) is 5. The van der Waals surface area contributed by atoms with Gasteiger partial charge in [0.15, 0.2) is 5.82 Å². The van der Waals surface area contributed by atoms with Gasteiger partial charge in [-0.05, 0) is 11.8 Å². The van der Waals surface area contributed by atoms with Crippen molar-refractivity contribution in [1.29, 1.82) is 0 Å². The average molecular weight is 235 g/mol. The molecule has 0 atom stereocenters. The number of anilines is 1. The molecule has 0 saturated carbocycles. The van der Waals surface area contributed by atoms with Gasteiger partial charge in [0.1, 0.15) is 5.69 Å². The molecule has 1 fully saturated rings. The largest absolute Gasteiger partial charge is 0.337 e. The fraction of sp³-hybridized carbons (Fsp3) is 0.545. The van der Waals surface area contributed by atoms with Crippen LogP contribution in [0.2, 0.25) is 0 Å². The highest BCUT2D eigenvalue weighted by molar-refractivity contribution is 5.92. The van der Waals surface area contributed by atoms with Crippen LogP contribution in [0.15, 0.2) is 12.4 Å². The van der Waals surface area contributed by atoms with Crippen molar-refractivity contribution < 1.29 is 4.79 Å². The van der Waals surface area contributed by atoms with Crippen molar-refractivity contribution >= 4 is 11.7 Å². The molecule has 0 radical (unpaired) electrons. The second-order valence-electron chi connectivity index (χ2n) is 5.07. The average Bonchev–Trinajstić information content (AvgIpc) is 2.69. The fourth-order valence-electron chi connectivity index (χ4n) is 1.96. The van der Waals surface area contributed by atoms with Crippen molar-refractivity contribution in [1.82, 2.24) is 14.9 Å². The van der Waals surface area contributed by atoms with Crippen molar-refractivity contribution in [3.8, 4) is 0 Å². The van der Waals surface area contributed by atoms with Crippen LogP contribution in [-0.4, -0.2) is 33.9 Å². The zero-order valence-electron chi connectivity index (χ0n) is 10.1. The first-order valence-corrected chi connectivity index (χ1v) is 5.60. The van der Waals surface area contributed by atoms with Gasteiger partial charge in [0.25, 0.3) is 5.91 Å². The lowest BCUT2D eigenvalue weighted by molar-refractivity contribution is 0.0772. The number of aromatic nitrogens is 2. The summed E-state index contributed by atoms with van der Waals surface area (Å²) in [6.45, 7) is 5.87. The maximum Gasteiger partial charge on any atom is 0.274 e. The minimum absolute atomic E-state index is 0.0633. The topological polar surface area (TPSA) is 84.1 Å². The molecule has 1 aromatic rings. The van der Waals surface area contributed by atoms with Crippen molar-refractivity contribution in [3.05, 3.63) is 18.1 Å². The van der Waals surface area contributed by atoms with E-state index in [9.17, 15) is 4.79 Å². The molecule has 2 heterocycles. The molecule has 2 rings (SSSR count). The zero-order chi connectivity index (χ0) is 12.5. The van der Waals surface area contributed by atoms with E-state index in [2.05, 4.69) is 29.2 Å². The summed E-state index contributed by atoms with van der Waals surface area (Å²) < 4.78 is 0. The molecule has 0 aliphatic carbocycles. The molecule has 1 aliphatic rings. The number of nitrogens with one attached hydrogen (secondary N) is 1. The molecule has 1 aliphatic heterocycles. The van der Waals surface area contributed by atoms with Crippen molar-refractivity contribution in [3.63, 3.8) is 0 Å². The summed E-state index contributed by atoms with van der Waals surface area (Å²) in [4.78, 5) is 22.0. The SMILES string of the molecule is CC1(C)CCN(C(=O)c2cnc(NN)cn2)C1. The Labute approximate surface area is 100 Å². The Balaban J connectivity index is 2.09. The molecule has 0 spiro atoms. The summed E-state index contributed by atoms with van der Waals surface area (Å²) in [5.74, 6) is 5.57. The highest BCUT2D eigenvalue weighted by atomic mass is 16.2. The number of nitrogen functional groups attached to an aromatic ring is 1. The number of carbonyl (C=O) groups is 1. The van der Waals surface area contributed by atoms with Crippen LogP contribution in [0.3, 0.4) is 0 Å². The predicted molar refractivity (Wildman–Crippen MR) is 64.1 cm³/mol. The van der Waals surface area contributed by atoms with E-state index in [-0.39, 0.29) is 11.3 Å². The number of hydrogen-bond donors (Lipinski definition) is 2. The molecule has 0 bridgehead atoms. The molecule has 6 heteroatoms. The summed E-state index contributed by atoms with van der Waals surface area (Å²) in [5, 5.41) is 0. The van der Waals surface area contributed by atoms with E-state index in [1.807, 2.05) is 4.90 Å². The van der Waals surface area contributed by atoms with Gasteiger partial charge in [-0.25, -0.2) is 15.8 Å². The van der Waals surface area contributed by atoms with Gasteiger partial charge in [-0.2, -0.15) is 0 Å². The number of nitrogens with two attached hydrogens (primary N) is 1. The van der Waals surface area contributed by atoms with Crippen molar-refractivity contribution in [2.45, 2.75) is 20.3 Å². The van der Waals surface area contributed by atoms with Crippen LogP contribution in [0, 0.1) is 5.41 Å². The number of nitrogens with zero attached hydrogens (tertiary/aromatic N) is 3. The third-order valence-electron chi connectivity index (χ3n) is 2.98. The summed E-state index contributed by atoms with van der Waals surface area (Å²) in [6, 6.07) is 0. The summed E-state index contributed by atoms with van der Waals surface area (Å²) in [5.41, 5.74) is 2.94. The number of likely N-dealkylation sites (tertiary alicyclic amines) is 1. The van der Waals surface area contributed by atoms with Crippen LogP contribution in [0.4, 0.5) is 5.82 Å². The van der Waals surface area contributed by atoms with Gasteiger partial charge in [-0.1, -0.05) is 13.8 Å². The standard InChI is InChI=1S/C11H17N5O/c1-11(2)3-4-16(7-11)10(17)8-5-14-9(15-12)6-13-8/h5-6H,3-4,7,12H2,1-2H3,(H,14,15). The van der Waals surface area contributed by atoms with Crippen molar-refractivity contribution in [2.75, 3.05) is 18.5 Å². The van der Waals surface area contributed by atoms with E-state index < -0.39 is 0 Å². The van der Waals surface area contributed by atoms with Gasteiger partial charge in [0, 0.05) is 13.1 Å². The number of rotatable bonds is 2. The maximum absolute atomic E-state index is 12.1. The van der Waals surface area contributed by atoms with Crippen LogP contribution in [0.1, 0.15) is 30.8 Å². The Morgan fingerprint density at radius 2 is 2.24 bits per heavy atom. The first kappa shape index (κ1) is 11.8. The molecule has 17 heavy (non-hydrogen) atoms. The number of amides is 1. The third kappa shape index (κ3) is 2.52. The van der Waals surface area contributed by atoms with E-state index in [0.29, 0.717) is 11.5 Å². The number of carbonyl (C=O) groups excluding carboxylic acids is 1. The van der Waals surface area contributed by atoms with Crippen molar-refractivity contribution in [2.24, 2.45) is 11.3 Å². The van der Waals surface area contributed by atoms with Gasteiger partial charge in [0.05, 0.1) is 12.4 Å². The lowest BCUT2D eigenvalue weighted by Gasteiger charge is -2.19. The summed E-state index contributed by atoms with van der Waals surface area (Å²) >= 11 is 0. The van der Waals surface area contributed by atoms with Crippen LogP contribution >= 0.6 is 0 Å². The van der Waals surface area contributed by atoms with E-state index >= 15 is 0 Å². The molecule has 1 saturated heterocycles. The molecule has 1 amide bonds. The highest BCUT2D eigenvalue weighted by Crippen LogP contribution is 2.29. The molecular weight excluding hydrogens is 218 g/mol.